The van der Waals surface area contributed by atoms with Crippen molar-refractivity contribution >= 4 is 23.5 Å². The Morgan fingerprint density at radius 1 is 1.07 bits per heavy atom. The number of carbonyl (C=O) groups excluding carboxylic acids is 2. The first-order chi connectivity index (χ1) is 13.7. The smallest absolute Gasteiger partial charge is 0.426 e. The molecule has 1 aromatic rings. The van der Waals surface area contributed by atoms with Crippen LogP contribution in [0.15, 0.2) is 11.1 Å². The van der Waals surface area contributed by atoms with Crippen LogP contribution in [0.1, 0.15) is 29.8 Å². The van der Waals surface area contributed by atoms with E-state index in [2.05, 4.69) is 9.47 Å². The van der Waals surface area contributed by atoms with Crippen LogP contribution in [0.3, 0.4) is 0 Å². The van der Waals surface area contributed by atoms with E-state index in [0.717, 1.165) is 7.11 Å². The molecule has 1 aliphatic rings. The number of hydrogen-bond donors (Lipinski definition) is 0. The van der Waals surface area contributed by atoms with E-state index in [1.807, 2.05) is 0 Å². The van der Waals surface area contributed by atoms with Crippen LogP contribution in [0, 0.1) is 40.5 Å². The van der Waals surface area contributed by atoms with E-state index in [4.69, 9.17) is 11.6 Å². The topological polar surface area (TPSA) is 52.6 Å². The van der Waals surface area contributed by atoms with Gasteiger partial charge in [0.15, 0.2) is 23.3 Å². The summed E-state index contributed by atoms with van der Waals surface area (Å²) in [6.07, 6.45) is -4.20. The number of rotatable bonds is 5. The van der Waals surface area contributed by atoms with Crippen LogP contribution in [0.4, 0.5) is 30.7 Å². The fourth-order valence-corrected chi connectivity index (χ4v) is 3.15. The van der Waals surface area contributed by atoms with E-state index in [-0.39, 0.29) is 0 Å². The quantitative estimate of drug-likeness (QED) is 0.350. The maximum atomic E-state index is 14.1. The van der Waals surface area contributed by atoms with Gasteiger partial charge in [0.1, 0.15) is 17.2 Å². The summed E-state index contributed by atoms with van der Waals surface area (Å²) in [5.41, 5.74) is -3.92. The van der Waals surface area contributed by atoms with Gasteiger partial charge < -0.3 is 9.47 Å². The molecule has 4 nitrogen and oxygen atoms in total. The van der Waals surface area contributed by atoms with Crippen molar-refractivity contribution < 1.29 is 49.8 Å². The molecule has 1 aliphatic carbocycles. The van der Waals surface area contributed by atoms with Crippen molar-refractivity contribution in [3.8, 4) is 0 Å². The van der Waals surface area contributed by atoms with Crippen molar-refractivity contribution in [2.75, 3.05) is 7.11 Å². The largest absolute Gasteiger partial charge is 0.465 e. The van der Waals surface area contributed by atoms with Crippen molar-refractivity contribution in [1.29, 1.82) is 0 Å². The van der Waals surface area contributed by atoms with Gasteiger partial charge in [-0.25, -0.2) is 22.4 Å². The number of esters is 2. The summed E-state index contributed by atoms with van der Waals surface area (Å²) in [4.78, 5) is 23.5. The molecule has 0 heterocycles. The third kappa shape index (κ3) is 4.26. The molecule has 2 rings (SSSR count). The molecule has 1 fully saturated rings. The van der Waals surface area contributed by atoms with Crippen LogP contribution in [-0.2, 0) is 20.9 Å². The van der Waals surface area contributed by atoms with Crippen LogP contribution >= 0.6 is 11.6 Å². The molecule has 0 aliphatic heterocycles. The first kappa shape index (κ1) is 24.0. The van der Waals surface area contributed by atoms with Crippen molar-refractivity contribution in [1.82, 2.24) is 0 Å². The monoisotopic (exact) mass is 462 g/mol. The fraction of sp³-hybridized carbons (Fsp3) is 0.444. The Morgan fingerprint density at radius 2 is 1.57 bits per heavy atom. The second-order valence-corrected chi connectivity index (χ2v) is 7.45. The first-order valence-electron chi connectivity index (χ1n) is 8.20. The zero-order chi connectivity index (χ0) is 23.2. The van der Waals surface area contributed by atoms with Gasteiger partial charge in [0.05, 0.1) is 18.6 Å². The number of methoxy groups -OCH3 is 1. The second-order valence-electron chi connectivity index (χ2n) is 7.05. The average molecular weight is 463 g/mol. The van der Waals surface area contributed by atoms with Crippen LogP contribution in [0.5, 0.6) is 0 Å². The van der Waals surface area contributed by atoms with Crippen LogP contribution in [0.25, 0.3) is 0 Å². The van der Waals surface area contributed by atoms with Gasteiger partial charge in [-0.3, -0.25) is 4.79 Å². The number of alkyl halides is 3. The molecule has 0 radical (unpaired) electrons. The van der Waals surface area contributed by atoms with Gasteiger partial charge in [-0.1, -0.05) is 31.5 Å². The van der Waals surface area contributed by atoms with Gasteiger partial charge >= 0.3 is 18.1 Å². The third-order valence-electron chi connectivity index (χ3n) is 4.86. The van der Waals surface area contributed by atoms with E-state index in [0.29, 0.717) is 6.08 Å². The molecule has 0 N–H and O–H groups in total. The van der Waals surface area contributed by atoms with E-state index in [1.165, 1.54) is 13.8 Å². The Bertz CT molecular complexity index is 895. The summed E-state index contributed by atoms with van der Waals surface area (Å²) in [5, 5.41) is -1.45. The van der Waals surface area contributed by atoms with Crippen LogP contribution < -0.4 is 0 Å². The maximum absolute atomic E-state index is 14.1. The summed E-state index contributed by atoms with van der Waals surface area (Å²) < 4.78 is 102. The van der Waals surface area contributed by atoms with E-state index in [9.17, 15) is 40.3 Å². The molecule has 0 bridgehead atoms. The van der Waals surface area contributed by atoms with Crippen molar-refractivity contribution in [3.05, 3.63) is 45.5 Å². The number of ether oxygens (including phenoxy) is 2. The van der Waals surface area contributed by atoms with Crippen molar-refractivity contribution in [2.45, 2.75) is 26.6 Å². The predicted octanol–water partition coefficient (Wildman–Crippen LogP) is 5.03. The lowest BCUT2D eigenvalue weighted by Crippen LogP contribution is -2.17. The van der Waals surface area contributed by atoms with Gasteiger partial charge in [0.2, 0.25) is 0 Å². The number of carbonyl (C=O) groups is 2. The summed E-state index contributed by atoms with van der Waals surface area (Å²) in [5.74, 6) is -13.0. The van der Waals surface area contributed by atoms with Gasteiger partial charge in [-0.15, -0.1) is 0 Å². The Morgan fingerprint density at radius 3 is 2.00 bits per heavy atom. The normalized spacial score (nSPS) is 20.7. The SMILES string of the molecule is COC(=O)c1c(F)c(F)c(COC(=O)C2C(C=C(Cl)C(F)(F)F)C2(C)C)c(F)c1F. The Labute approximate surface area is 170 Å². The van der Waals surface area contributed by atoms with E-state index < -0.39 is 81.4 Å². The molecule has 0 amide bonds. The lowest BCUT2D eigenvalue weighted by Gasteiger charge is -2.11. The zero-order valence-electron chi connectivity index (χ0n) is 15.6. The van der Waals surface area contributed by atoms with Gasteiger partial charge in [-0.2, -0.15) is 13.2 Å². The van der Waals surface area contributed by atoms with E-state index >= 15 is 0 Å². The summed E-state index contributed by atoms with van der Waals surface area (Å²) >= 11 is 5.15. The molecular formula is C18H14ClF7O4. The molecule has 0 spiro atoms. The number of allylic oxidation sites excluding steroid dienone is 2. The molecule has 0 aromatic heterocycles. The second kappa shape index (κ2) is 8.09. The molecular weight excluding hydrogens is 449 g/mol. The summed E-state index contributed by atoms with van der Waals surface area (Å²) in [7, 11) is 0.736. The highest BCUT2D eigenvalue weighted by atomic mass is 35.5. The predicted molar refractivity (Wildman–Crippen MR) is 88.2 cm³/mol. The Balaban J connectivity index is 2.22. The minimum Gasteiger partial charge on any atom is -0.465 e. The molecule has 1 saturated carbocycles. The molecule has 12 heteroatoms. The van der Waals surface area contributed by atoms with Gasteiger partial charge in [-0.05, 0) is 11.3 Å². The Hall–Kier alpha value is -2.30. The highest BCUT2D eigenvalue weighted by Gasteiger charge is 2.62. The van der Waals surface area contributed by atoms with Crippen molar-refractivity contribution in [3.63, 3.8) is 0 Å². The van der Waals surface area contributed by atoms with Crippen LogP contribution in [-0.4, -0.2) is 25.2 Å². The number of halogens is 8. The minimum atomic E-state index is -4.82. The van der Waals surface area contributed by atoms with E-state index in [1.54, 1.807) is 0 Å². The lowest BCUT2D eigenvalue weighted by molar-refractivity contribution is -0.147. The van der Waals surface area contributed by atoms with Gasteiger partial charge in [0, 0.05) is 0 Å². The number of benzene rings is 1. The maximum Gasteiger partial charge on any atom is 0.426 e. The molecule has 2 unspecified atom stereocenters. The lowest BCUT2D eigenvalue weighted by atomic mass is 10.1. The fourth-order valence-electron chi connectivity index (χ4n) is 3.01. The summed E-state index contributed by atoms with van der Waals surface area (Å²) in [6, 6.07) is 0. The first-order valence-corrected chi connectivity index (χ1v) is 8.58. The molecule has 166 valence electrons. The third-order valence-corrected chi connectivity index (χ3v) is 5.20. The van der Waals surface area contributed by atoms with Crippen molar-refractivity contribution in [2.24, 2.45) is 17.3 Å². The standard InChI is InChI=1S/C18H14ClF7O4/c1-17(2)7(4-8(19)18(24,25)26)10(17)16(28)30-5-6-11(20)13(22)9(15(27)29-3)14(23)12(6)21/h4,7,10H,5H2,1-3H3. The highest BCUT2D eigenvalue weighted by molar-refractivity contribution is 6.30. The highest BCUT2D eigenvalue weighted by Crippen LogP contribution is 2.60. The minimum absolute atomic E-state index is 0.624. The molecule has 2 atom stereocenters. The zero-order valence-corrected chi connectivity index (χ0v) is 16.4. The molecule has 0 saturated heterocycles. The van der Waals surface area contributed by atoms with Gasteiger partial charge in [0.25, 0.3) is 0 Å². The molecule has 1 aromatic carbocycles. The summed E-state index contributed by atoms with van der Waals surface area (Å²) in [6.45, 7) is 1.61. The Kier molecular flexibility index (Phi) is 6.46. The average Bonchev–Trinajstić information content (AvgIpc) is 3.19. The van der Waals surface area contributed by atoms with Crippen LogP contribution in [0.2, 0.25) is 0 Å². The number of hydrogen-bond acceptors (Lipinski definition) is 4. The molecule has 30 heavy (non-hydrogen) atoms.